The van der Waals surface area contributed by atoms with Gasteiger partial charge in [-0.15, -0.1) is 0 Å². The zero-order chi connectivity index (χ0) is 17.4. The number of carbonyl (C=O) groups excluding carboxylic acids is 1. The van der Waals surface area contributed by atoms with Crippen molar-refractivity contribution in [3.8, 4) is 0 Å². The Labute approximate surface area is 148 Å². The van der Waals surface area contributed by atoms with Crippen LogP contribution in [0, 0.1) is 0 Å². The van der Waals surface area contributed by atoms with Gasteiger partial charge in [-0.05, 0) is 48.7 Å². The molecule has 25 heavy (non-hydrogen) atoms. The van der Waals surface area contributed by atoms with Gasteiger partial charge >= 0.3 is 0 Å². The zero-order valence-electron chi connectivity index (χ0n) is 14.6. The van der Waals surface area contributed by atoms with Crippen molar-refractivity contribution in [3.05, 3.63) is 59.7 Å². The Kier molecular flexibility index (Phi) is 4.22. The largest absolute Gasteiger partial charge is 0.393 e. The van der Waals surface area contributed by atoms with E-state index in [4.69, 9.17) is 0 Å². The van der Waals surface area contributed by atoms with Crippen molar-refractivity contribution >= 4 is 17.3 Å². The van der Waals surface area contributed by atoms with E-state index in [1.165, 1.54) is 5.56 Å². The van der Waals surface area contributed by atoms with Crippen LogP contribution in [0.5, 0.6) is 0 Å². The molecule has 1 saturated heterocycles. The quantitative estimate of drug-likeness (QED) is 0.914. The van der Waals surface area contributed by atoms with E-state index < -0.39 is 0 Å². The molecule has 130 valence electrons. The van der Waals surface area contributed by atoms with Gasteiger partial charge < -0.3 is 14.9 Å². The van der Waals surface area contributed by atoms with E-state index in [9.17, 15) is 9.90 Å². The lowest BCUT2D eigenvalue weighted by molar-refractivity contribution is 0.0988. The number of para-hydroxylation sites is 1. The number of anilines is 2. The molecule has 2 aromatic rings. The third kappa shape index (κ3) is 3.02. The number of aliphatic hydroxyl groups excluding tert-OH is 1. The zero-order valence-corrected chi connectivity index (χ0v) is 14.6. The Hall–Kier alpha value is -2.33. The first-order valence-corrected chi connectivity index (χ1v) is 9.07. The minimum Gasteiger partial charge on any atom is -0.393 e. The average Bonchev–Trinajstić information content (AvgIpc) is 2.99. The van der Waals surface area contributed by atoms with Crippen molar-refractivity contribution in [2.45, 2.75) is 31.8 Å². The Balaban J connectivity index is 1.52. The number of rotatable bonds is 2. The van der Waals surface area contributed by atoms with E-state index in [0.717, 1.165) is 49.4 Å². The highest BCUT2D eigenvalue weighted by Crippen LogP contribution is 2.36. The SMILES string of the molecule is CC1CN(C(=O)c2ccc(N3CCC(O)CC3)cc2)c2ccccc21. The molecule has 0 bridgehead atoms. The second-order valence-electron chi connectivity index (χ2n) is 7.14. The summed E-state index contributed by atoms with van der Waals surface area (Å²) in [6.45, 7) is 4.64. The van der Waals surface area contributed by atoms with E-state index in [-0.39, 0.29) is 12.0 Å². The van der Waals surface area contributed by atoms with Gasteiger partial charge in [-0.1, -0.05) is 25.1 Å². The number of benzene rings is 2. The number of piperidine rings is 1. The lowest BCUT2D eigenvalue weighted by Gasteiger charge is -2.31. The molecule has 0 aromatic heterocycles. The Morgan fingerprint density at radius 2 is 1.72 bits per heavy atom. The number of fused-ring (bicyclic) bond motifs is 1. The fraction of sp³-hybridized carbons (Fsp3) is 0.381. The van der Waals surface area contributed by atoms with E-state index >= 15 is 0 Å². The van der Waals surface area contributed by atoms with Crippen LogP contribution in [0.1, 0.15) is 41.6 Å². The topological polar surface area (TPSA) is 43.8 Å². The predicted octanol–water partition coefficient (Wildman–Crippen LogP) is 3.41. The Morgan fingerprint density at radius 3 is 2.44 bits per heavy atom. The molecule has 1 unspecified atom stereocenters. The first-order chi connectivity index (χ1) is 12.1. The highest BCUT2D eigenvalue weighted by Gasteiger charge is 2.30. The molecule has 0 aliphatic carbocycles. The van der Waals surface area contributed by atoms with Crippen molar-refractivity contribution in [2.75, 3.05) is 29.4 Å². The van der Waals surface area contributed by atoms with Gasteiger partial charge in [-0.2, -0.15) is 0 Å². The summed E-state index contributed by atoms with van der Waals surface area (Å²) in [5.74, 6) is 0.441. The molecule has 2 aliphatic rings. The molecule has 1 amide bonds. The fourth-order valence-corrected chi connectivity index (χ4v) is 3.91. The van der Waals surface area contributed by atoms with E-state index in [1.807, 2.05) is 47.4 Å². The molecule has 1 N–H and O–H groups in total. The standard InChI is InChI=1S/C21H24N2O2/c1-15-14-23(20-5-3-2-4-19(15)20)21(25)16-6-8-17(9-7-16)22-12-10-18(24)11-13-22/h2-9,15,18,24H,10-14H2,1H3. The summed E-state index contributed by atoms with van der Waals surface area (Å²) in [5.41, 5.74) is 4.14. The minimum absolute atomic E-state index is 0.0671. The summed E-state index contributed by atoms with van der Waals surface area (Å²) in [5, 5.41) is 9.64. The van der Waals surface area contributed by atoms with E-state index in [1.54, 1.807) is 0 Å². The molecule has 2 aliphatic heterocycles. The summed E-state index contributed by atoms with van der Waals surface area (Å²) in [6.07, 6.45) is 1.45. The van der Waals surface area contributed by atoms with Crippen molar-refractivity contribution in [1.82, 2.24) is 0 Å². The van der Waals surface area contributed by atoms with Gasteiger partial charge in [0.2, 0.25) is 0 Å². The minimum atomic E-state index is -0.172. The third-order valence-corrected chi connectivity index (χ3v) is 5.40. The van der Waals surface area contributed by atoms with E-state index in [2.05, 4.69) is 17.9 Å². The summed E-state index contributed by atoms with van der Waals surface area (Å²) >= 11 is 0. The van der Waals surface area contributed by atoms with Crippen molar-refractivity contribution in [3.63, 3.8) is 0 Å². The van der Waals surface area contributed by atoms with Gasteiger partial charge in [-0.3, -0.25) is 4.79 Å². The molecule has 0 radical (unpaired) electrons. The monoisotopic (exact) mass is 336 g/mol. The number of aliphatic hydroxyl groups is 1. The lowest BCUT2D eigenvalue weighted by atomic mass is 10.0. The third-order valence-electron chi connectivity index (χ3n) is 5.40. The summed E-state index contributed by atoms with van der Waals surface area (Å²) in [7, 11) is 0. The summed E-state index contributed by atoms with van der Waals surface area (Å²) in [4.78, 5) is 17.1. The second-order valence-corrected chi connectivity index (χ2v) is 7.14. The summed E-state index contributed by atoms with van der Waals surface area (Å²) in [6, 6.07) is 16.1. The van der Waals surface area contributed by atoms with Crippen molar-refractivity contribution in [2.24, 2.45) is 0 Å². The smallest absolute Gasteiger partial charge is 0.258 e. The first kappa shape index (κ1) is 16.2. The van der Waals surface area contributed by atoms with Gasteiger partial charge in [0, 0.05) is 42.5 Å². The van der Waals surface area contributed by atoms with Gasteiger partial charge in [0.1, 0.15) is 0 Å². The van der Waals surface area contributed by atoms with Crippen LogP contribution >= 0.6 is 0 Å². The number of hydrogen-bond donors (Lipinski definition) is 1. The van der Waals surface area contributed by atoms with Crippen LogP contribution in [0.4, 0.5) is 11.4 Å². The van der Waals surface area contributed by atoms with E-state index in [0.29, 0.717) is 5.92 Å². The maximum absolute atomic E-state index is 13.0. The Bertz CT molecular complexity index is 764. The Morgan fingerprint density at radius 1 is 1.04 bits per heavy atom. The summed E-state index contributed by atoms with van der Waals surface area (Å²) < 4.78 is 0. The van der Waals surface area contributed by atoms with Gasteiger partial charge in [0.05, 0.1) is 6.10 Å². The molecular weight excluding hydrogens is 312 g/mol. The predicted molar refractivity (Wildman–Crippen MR) is 100 cm³/mol. The molecule has 2 aromatic carbocycles. The normalized spacial score (nSPS) is 20.6. The number of carbonyl (C=O) groups is 1. The van der Waals surface area contributed by atoms with Crippen molar-refractivity contribution < 1.29 is 9.90 Å². The maximum atomic E-state index is 13.0. The molecule has 4 nitrogen and oxygen atoms in total. The molecule has 4 heteroatoms. The first-order valence-electron chi connectivity index (χ1n) is 9.07. The molecule has 1 fully saturated rings. The van der Waals surface area contributed by atoms with Crippen LogP contribution in [0.15, 0.2) is 48.5 Å². The van der Waals surface area contributed by atoms with Crippen molar-refractivity contribution in [1.29, 1.82) is 0 Å². The van der Waals surface area contributed by atoms with Gasteiger partial charge in [0.25, 0.3) is 5.91 Å². The number of amides is 1. The van der Waals surface area contributed by atoms with Crippen LogP contribution in [-0.2, 0) is 0 Å². The van der Waals surface area contributed by atoms with Crippen LogP contribution in [-0.4, -0.2) is 36.8 Å². The maximum Gasteiger partial charge on any atom is 0.258 e. The highest BCUT2D eigenvalue weighted by molar-refractivity contribution is 6.07. The number of nitrogens with zero attached hydrogens (tertiary/aromatic N) is 2. The average molecular weight is 336 g/mol. The number of hydrogen-bond acceptors (Lipinski definition) is 3. The van der Waals surface area contributed by atoms with Gasteiger partial charge in [0.15, 0.2) is 0 Å². The second kappa shape index (κ2) is 6.52. The van der Waals surface area contributed by atoms with Crippen LogP contribution in [0.3, 0.4) is 0 Å². The van der Waals surface area contributed by atoms with Crippen LogP contribution in [0.25, 0.3) is 0 Å². The molecule has 0 spiro atoms. The molecule has 2 heterocycles. The molecule has 0 saturated carbocycles. The molecular formula is C21H24N2O2. The molecule has 1 atom stereocenters. The highest BCUT2D eigenvalue weighted by atomic mass is 16.3. The van der Waals surface area contributed by atoms with Crippen LogP contribution in [0.2, 0.25) is 0 Å². The lowest BCUT2D eigenvalue weighted by Crippen LogP contribution is -2.35. The molecule has 4 rings (SSSR count). The fourth-order valence-electron chi connectivity index (χ4n) is 3.91. The van der Waals surface area contributed by atoms with Crippen LogP contribution < -0.4 is 9.80 Å². The van der Waals surface area contributed by atoms with Gasteiger partial charge in [-0.25, -0.2) is 0 Å².